The molecule has 0 aromatic heterocycles. The Morgan fingerprint density at radius 3 is 2.24 bits per heavy atom. The number of amides is 4. The zero-order valence-electron chi connectivity index (χ0n) is 22.0. The molecule has 4 rings (SSSR count). The van der Waals surface area contributed by atoms with Gasteiger partial charge in [-0.25, -0.2) is 0 Å². The smallest absolute Gasteiger partial charge is 0.350 e. The van der Waals surface area contributed by atoms with Gasteiger partial charge in [0.2, 0.25) is 17.7 Å². The van der Waals surface area contributed by atoms with Crippen LogP contribution in [0.1, 0.15) is 78.6 Å². The fraction of sp³-hybridized carbons (Fsp3) is 0.808. The molecule has 4 amide bonds. The summed E-state index contributed by atoms with van der Waals surface area (Å²) in [7, 11) is 0. The summed E-state index contributed by atoms with van der Waals surface area (Å²) in [4.78, 5) is 52.6. The number of nitrogens with one attached hydrogen (secondary N) is 3. The van der Waals surface area contributed by atoms with Crippen molar-refractivity contribution in [1.29, 1.82) is 5.26 Å². The van der Waals surface area contributed by atoms with Crippen molar-refractivity contribution < 1.29 is 32.3 Å². The van der Waals surface area contributed by atoms with Gasteiger partial charge in [0, 0.05) is 18.0 Å². The van der Waals surface area contributed by atoms with Crippen LogP contribution in [0.2, 0.25) is 0 Å². The normalized spacial score (nSPS) is 27.1. The molecule has 4 atom stereocenters. The Morgan fingerprint density at radius 1 is 1.11 bits per heavy atom. The van der Waals surface area contributed by atoms with Crippen LogP contribution in [0, 0.1) is 28.1 Å². The Balaban J connectivity index is 1.52. The van der Waals surface area contributed by atoms with Gasteiger partial charge in [0.1, 0.15) is 18.1 Å². The minimum Gasteiger partial charge on any atom is -0.350 e. The molecular weight excluding hydrogens is 503 g/mol. The van der Waals surface area contributed by atoms with E-state index in [0.717, 1.165) is 38.5 Å². The molecule has 1 unspecified atom stereocenters. The van der Waals surface area contributed by atoms with Gasteiger partial charge >= 0.3 is 12.1 Å². The maximum Gasteiger partial charge on any atom is 0.471 e. The third-order valence-electron chi connectivity index (χ3n) is 8.65. The molecule has 210 valence electrons. The number of nitrogens with zero attached hydrogens (tertiary/aromatic N) is 2. The van der Waals surface area contributed by atoms with Gasteiger partial charge in [-0.2, -0.15) is 18.4 Å². The van der Waals surface area contributed by atoms with E-state index >= 15 is 0 Å². The lowest BCUT2D eigenvalue weighted by Crippen LogP contribution is -2.59. The summed E-state index contributed by atoms with van der Waals surface area (Å²) in [6.07, 6.45) is 1.14. The van der Waals surface area contributed by atoms with Gasteiger partial charge in [-0.15, -0.1) is 0 Å². The lowest BCUT2D eigenvalue weighted by atomic mass is 9.83. The molecule has 2 saturated carbocycles. The SMILES string of the molecule is CC(C)(C)[C@H](NC(=O)C(F)(F)F)C(=O)N1CC2(CCCC2)CC1C(=O)N[C@H](C#N)C[C@@H]1CC2(CC2)NC1=O. The van der Waals surface area contributed by atoms with Gasteiger partial charge in [0.05, 0.1) is 6.07 Å². The number of carbonyl (C=O) groups is 4. The number of nitriles is 1. The van der Waals surface area contributed by atoms with Crippen molar-refractivity contribution in [2.24, 2.45) is 16.7 Å². The molecule has 0 bridgehead atoms. The summed E-state index contributed by atoms with van der Waals surface area (Å²) < 4.78 is 39.2. The first kappa shape index (κ1) is 28.2. The average molecular weight is 540 g/mol. The first-order valence-electron chi connectivity index (χ1n) is 13.3. The number of halogens is 3. The molecule has 38 heavy (non-hydrogen) atoms. The molecule has 4 aliphatic rings. The number of hydrogen-bond donors (Lipinski definition) is 3. The van der Waals surface area contributed by atoms with Gasteiger partial charge < -0.3 is 20.9 Å². The van der Waals surface area contributed by atoms with Gasteiger partial charge in [0.25, 0.3) is 0 Å². The molecular formula is C26H36F3N5O4. The number of carbonyl (C=O) groups excluding carboxylic acids is 4. The summed E-state index contributed by atoms with van der Waals surface area (Å²) >= 11 is 0. The second-order valence-corrected chi connectivity index (χ2v) is 12.8. The number of rotatable bonds is 6. The monoisotopic (exact) mass is 539 g/mol. The number of likely N-dealkylation sites (tertiary alicyclic amines) is 1. The third kappa shape index (κ3) is 5.76. The number of hydrogen-bond acceptors (Lipinski definition) is 5. The van der Waals surface area contributed by atoms with E-state index < -0.39 is 53.4 Å². The van der Waals surface area contributed by atoms with Crippen molar-refractivity contribution >= 4 is 23.6 Å². The third-order valence-corrected chi connectivity index (χ3v) is 8.65. The van der Waals surface area contributed by atoms with Crippen molar-refractivity contribution in [2.45, 2.75) is 108 Å². The Labute approximate surface area is 220 Å². The van der Waals surface area contributed by atoms with E-state index in [2.05, 4.69) is 10.6 Å². The van der Waals surface area contributed by atoms with E-state index in [1.165, 1.54) is 4.90 Å². The maximum atomic E-state index is 13.7. The van der Waals surface area contributed by atoms with Crippen LogP contribution in [0.5, 0.6) is 0 Å². The van der Waals surface area contributed by atoms with Crippen LogP contribution in [0.3, 0.4) is 0 Å². The second kappa shape index (κ2) is 9.72. The molecule has 0 radical (unpaired) electrons. The minimum absolute atomic E-state index is 0.131. The van der Waals surface area contributed by atoms with Gasteiger partial charge in [-0.1, -0.05) is 33.6 Å². The first-order chi connectivity index (χ1) is 17.6. The summed E-state index contributed by atoms with van der Waals surface area (Å²) in [6.45, 7) is 4.85. The van der Waals surface area contributed by atoms with Crippen LogP contribution in [0.15, 0.2) is 0 Å². The van der Waals surface area contributed by atoms with Crippen molar-refractivity contribution in [1.82, 2.24) is 20.9 Å². The van der Waals surface area contributed by atoms with Gasteiger partial charge in [-0.05, 0) is 55.8 Å². The molecule has 2 spiro atoms. The Hall–Kier alpha value is -2.84. The first-order valence-corrected chi connectivity index (χ1v) is 13.3. The quantitative estimate of drug-likeness (QED) is 0.477. The van der Waals surface area contributed by atoms with Gasteiger partial charge in [-0.3, -0.25) is 19.2 Å². The van der Waals surface area contributed by atoms with E-state index in [1.54, 1.807) is 20.8 Å². The number of alkyl halides is 3. The van der Waals surface area contributed by atoms with Crippen LogP contribution in [-0.4, -0.2) is 64.9 Å². The summed E-state index contributed by atoms with van der Waals surface area (Å²) in [5.41, 5.74) is -1.56. The van der Waals surface area contributed by atoms with E-state index in [-0.39, 0.29) is 29.8 Å². The zero-order valence-corrected chi connectivity index (χ0v) is 22.0. The lowest BCUT2D eigenvalue weighted by molar-refractivity contribution is -0.176. The Morgan fingerprint density at radius 2 is 1.74 bits per heavy atom. The van der Waals surface area contributed by atoms with Crippen molar-refractivity contribution in [3.63, 3.8) is 0 Å². The van der Waals surface area contributed by atoms with Crippen LogP contribution in [-0.2, 0) is 19.2 Å². The maximum absolute atomic E-state index is 13.7. The largest absolute Gasteiger partial charge is 0.471 e. The molecule has 3 N–H and O–H groups in total. The summed E-state index contributed by atoms with van der Waals surface area (Å²) in [5, 5.41) is 17.2. The van der Waals surface area contributed by atoms with Crippen LogP contribution in [0.4, 0.5) is 13.2 Å². The van der Waals surface area contributed by atoms with Gasteiger partial charge in [0.15, 0.2) is 0 Å². The van der Waals surface area contributed by atoms with Crippen LogP contribution in [0.25, 0.3) is 0 Å². The Kier molecular flexibility index (Phi) is 7.21. The highest BCUT2D eigenvalue weighted by Gasteiger charge is 2.54. The molecule has 4 fully saturated rings. The molecule has 2 saturated heterocycles. The highest BCUT2D eigenvalue weighted by molar-refractivity contribution is 5.94. The van der Waals surface area contributed by atoms with Crippen LogP contribution >= 0.6 is 0 Å². The summed E-state index contributed by atoms with van der Waals surface area (Å²) in [6, 6.07) is -1.40. The molecule has 2 aliphatic heterocycles. The predicted molar refractivity (Wildman–Crippen MR) is 129 cm³/mol. The predicted octanol–water partition coefficient (Wildman–Crippen LogP) is 2.31. The van der Waals surface area contributed by atoms with Crippen molar-refractivity contribution in [2.75, 3.05) is 6.54 Å². The molecule has 0 aromatic rings. The van der Waals surface area contributed by atoms with E-state index in [0.29, 0.717) is 12.8 Å². The fourth-order valence-corrected chi connectivity index (χ4v) is 6.38. The average Bonchev–Trinajstić information content (AvgIpc) is 3.15. The van der Waals surface area contributed by atoms with E-state index in [9.17, 15) is 37.6 Å². The minimum atomic E-state index is -5.16. The topological polar surface area (TPSA) is 131 Å². The van der Waals surface area contributed by atoms with Crippen molar-refractivity contribution in [3.05, 3.63) is 0 Å². The summed E-state index contributed by atoms with van der Waals surface area (Å²) in [5.74, 6) is -4.06. The molecule has 9 nitrogen and oxygen atoms in total. The molecule has 0 aromatic carbocycles. The van der Waals surface area contributed by atoms with E-state index in [1.807, 2.05) is 11.4 Å². The van der Waals surface area contributed by atoms with E-state index in [4.69, 9.17) is 0 Å². The second-order valence-electron chi connectivity index (χ2n) is 12.8. The lowest BCUT2D eigenvalue weighted by Gasteiger charge is -2.36. The fourth-order valence-electron chi connectivity index (χ4n) is 6.38. The molecule has 12 heteroatoms. The highest BCUT2D eigenvalue weighted by Crippen LogP contribution is 2.49. The standard InChI is InChI=1S/C26H36F3N5O4/c1-23(2,3)18(32-22(38)26(27,28)29)21(37)34-14-24(6-4-5-7-24)12-17(34)20(36)31-16(13-30)10-15-11-25(8-9-25)33-19(15)35/h15-18H,4-12,14H2,1-3H3,(H,31,36)(H,32,38)(H,33,35)/t15-,16+,17?,18-/m1/s1. The molecule has 2 heterocycles. The highest BCUT2D eigenvalue weighted by atomic mass is 19.4. The van der Waals surface area contributed by atoms with Crippen molar-refractivity contribution in [3.8, 4) is 6.07 Å². The Bertz CT molecular complexity index is 1040. The van der Waals surface area contributed by atoms with Crippen LogP contribution < -0.4 is 16.0 Å². The zero-order chi connectivity index (χ0) is 28.1. The molecule has 2 aliphatic carbocycles.